The lowest BCUT2D eigenvalue weighted by molar-refractivity contribution is 0.748. The van der Waals surface area contributed by atoms with Crippen molar-refractivity contribution in [3.05, 3.63) is 483 Å². The molecule has 5 heteroatoms. The standard InChI is InChI=1S/C73H47N3.C42H30N2/c1-3-18-48(19-4-1)49-34-36-51(37-35-49)56-22-8-13-30-67(56)74(54-41-38-50(39-42-54)52-40-45-70-62(46-52)60-25-10-14-31-68(60)75(70)53-20-5-2-6-21-53)55-43-44-58-57-23-7-11-27-63(57)73(66(58)47-55)64-28-12-16-33-71(64)76-69-32-15-9-24-59(69)61-26-17-29-65(73)72(61)76;1-3-11-30(12-4-1)31-19-21-33(22-20-31)37-15-7-9-17-40(37)43-35-26-23-32(24-27-35)34-25-28-42-39(29-34)38-16-8-10-18-41(38)44(42)36-13-5-2-6-14-36/h1-47H;1-29,43H. The Hall–Kier alpha value is -15.8. The van der Waals surface area contributed by atoms with Crippen LogP contribution in [0.1, 0.15) is 22.3 Å². The molecule has 0 bridgehead atoms. The van der Waals surface area contributed by atoms with E-state index in [-0.39, 0.29) is 0 Å². The number of nitrogens with one attached hydrogen (secondary N) is 1. The van der Waals surface area contributed by atoms with Gasteiger partial charge in [0.25, 0.3) is 0 Å². The van der Waals surface area contributed by atoms with E-state index in [0.29, 0.717) is 0 Å². The van der Waals surface area contributed by atoms with E-state index in [1.807, 2.05) is 0 Å². The third kappa shape index (κ3) is 11.5. The van der Waals surface area contributed by atoms with Crippen LogP contribution in [0.3, 0.4) is 0 Å². The molecule has 0 fully saturated rings. The molecule has 19 aromatic carbocycles. The van der Waals surface area contributed by atoms with Crippen molar-refractivity contribution in [3.63, 3.8) is 0 Å². The number of aromatic nitrogens is 3. The van der Waals surface area contributed by atoms with Crippen LogP contribution in [0, 0.1) is 0 Å². The molecule has 1 aliphatic heterocycles. The van der Waals surface area contributed by atoms with Gasteiger partial charge in [0.15, 0.2) is 0 Å². The van der Waals surface area contributed by atoms with Gasteiger partial charge in [-0.2, -0.15) is 0 Å². The second-order valence-electron chi connectivity index (χ2n) is 31.5. The predicted molar refractivity (Wildman–Crippen MR) is 504 cm³/mol. The number of para-hydroxylation sites is 9. The minimum atomic E-state index is -0.590. The number of hydrogen-bond donors (Lipinski definition) is 1. The fourth-order valence-electron chi connectivity index (χ4n) is 19.5. The van der Waals surface area contributed by atoms with Crippen LogP contribution in [-0.2, 0) is 5.41 Å². The van der Waals surface area contributed by atoms with Crippen molar-refractivity contribution in [1.82, 2.24) is 13.7 Å². The van der Waals surface area contributed by atoms with Crippen molar-refractivity contribution < 1.29 is 0 Å². The average Bonchev–Trinajstić information content (AvgIpc) is 1.50. The molecule has 5 nitrogen and oxygen atoms in total. The van der Waals surface area contributed by atoms with E-state index in [1.165, 1.54) is 160 Å². The number of nitrogens with zero attached hydrogens (tertiary/aromatic N) is 4. The molecule has 2 aliphatic rings. The van der Waals surface area contributed by atoms with Crippen LogP contribution in [-0.4, -0.2) is 13.7 Å². The molecule has 1 N–H and O–H groups in total. The fourth-order valence-corrected chi connectivity index (χ4v) is 19.5. The Morgan fingerprint density at radius 1 is 0.208 bits per heavy atom. The summed E-state index contributed by atoms with van der Waals surface area (Å²) in [6.45, 7) is 0. The average molecular weight is 1530 g/mol. The summed E-state index contributed by atoms with van der Waals surface area (Å²) < 4.78 is 7.26. The molecule has 3 aromatic heterocycles. The Morgan fingerprint density at radius 3 is 1.18 bits per heavy atom. The Labute approximate surface area is 696 Å². The summed E-state index contributed by atoms with van der Waals surface area (Å²) in [6, 6.07) is 168. The highest BCUT2D eigenvalue weighted by molar-refractivity contribution is 6.15. The van der Waals surface area contributed by atoms with Crippen molar-refractivity contribution >= 4 is 93.9 Å². The summed E-state index contributed by atoms with van der Waals surface area (Å²) in [6.07, 6.45) is 0. The van der Waals surface area contributed by atoms with Gasteiger partial charge in [-0.05, 0) is 210 Å². The first-order valence-corrected chi connectivity index (χ1v) is 41.4. The summed E-state index contributed by atoms with van der Waals surface area (Å²) >= 11 is 0. The number of fused-ring (bicyclic) bond motifs is 18. The lowest BCUT2D eigenvalue weighted by Crippen LogP contribution is -2.33. The van der Waals surface area contributed by atoms with Crippen LogP contribution in [0.25, 0.3) is 160 Å². The van der Waals surface area contributed by atoms with Gasteiger partial charge in [-0.3, -0.25) is 0 Å². The highest BCUT2D eigenvalue weighted by Crippen LogP contribution is 2.62. The van der Waals surface area contributed by atoms with Gasteiger partial charge >= 0.3 is 0 Å². The number of rotatable bonds is 13. The Bertz CT molecular complexity index is 7690. The van der Waals surface area contributed by atoms with E-state index in [4.69, 9.17) is 0 Å². The molecule has 1 atom stereocenters. The quantitative estimate of drug-likeness (QED) is 0.125. The molecule has 1 unspecified atom stereocenters. The SMILES string of the molecule is c1ccc(-c2ccc(-c3ccccc3N(c3ccc(-c4ccc5c(c4)c4ccccc4n5-c4ccccc4)cc3)c3ccc4c(c3)C3(c5ccccc5-4)c4ccccc4-n4c5ccccc5c5cccc3c54)cc2)cc1.c1ccc(-c2ccc(-c3ccccc3Nc3ccc(-c4ccc5c(c4)c4ccccc4n5-c4ccccc4)cc3)cc2)cc1. The Morgan fingerprint density at radius 2 is 0.592 bits per heavy atom. The Kier molecular flexibility index (Phi) is 16.8. The van der Waals surface area contributed by atoms with Crippen LogP contribution < -0.4 is 10.2 Å². The van der Waals surface area contributed by atoms with Crippen molar-refractivity contribution in [2.24, 2.45) is 0 Å². The zero-order valence-electron chi connectivity index (χ0n) is 65.7. The van der Waals surface area contributed by atoms with E-state index < -0.39 is 5.41 Å². The Balaban J connectivity index is 0.000000162. The molecule has 0 saturated heterocycles. The minimum absolute atomic E-state index is 0.590. The molecular weight excluding hydrogens is 1450 g/mol. The summed E-state index contributed by atoms with van der Waals surface area (Å²) in [7, 11) is 0. The molecule has 4 heterocycles. The molecule has 0 radical (unpaired) electrons. The normalized spacial score (nSPS) is 13.0. The van der Waals surface area contributed by atoms with E-state index in [9.17, 15) is 0 Å². The summed E-state index contributed by atoms with van der Waals surface area (Å²) in [5.41, 5.74) is 37.8. The molecule has 22 aromatic rings. The predicted octanol–water partition coefficient (Wildman–Crippen LogP) is 30.6. The topological polar surface area (TPSA) is 30.1 Å². The highest BCUT2D eigenvalue weighted by atomic mass is 15.1. The van der Waals surface area contributed by atoms with Crippen LogP contribution >= 0.6 is 0 Å². The lowest BCUT2D eigenvalue weighted by Gasteiger charge is -2.40. The monoisotopic (exact) mass is 1530 g/mol. The second-order valence-corrected chi connectivity index (χ2v) is 31.5. The van der Waals surface area contributed by atoms with Crippen molar-refractivity contribution in [2.45, 2.75) is 5.41 Å². The summed E-state index contributed by atoms with van der Waals surface area (Å²) in [5.74, 6) is 0. The molecule has 0 saturated carbocycles. The van der Waals surface area contributed by atoms with Gasteiger partial charge in [-0.25, -0.2) is 0 Å². The molecule has 1 aliphatic carbocycles. The molecule has 120 heavy (non-hydrogen) atoms. The largest absolute Gasteiger partial charge is 0.355 e. The van der Waals surface area contributed by atoms with Gasteiger partial charge in [0.05, 0.1) is 49.9 Å². The van der Waals surface area contributed by atoms with Crippen molar-refractivity contribution in [3.8, 4) is 95.0 Å². The maximum Gasteiger partial charge on any atom is 0.0755 e. The van der Waals surface area contributed by atoms with Crippen molar-refractivity contribution in [1.29, 1.82) is 0 Å². The zero-order chi connectivity index (χ0) is 79.2. The number of benzene rings is 19. The van der Waals surface area contributed by atoms with Gasteiger partial charge < -0.3 is 23.9 Å². The zero-order valence-corrected chi connectivity index (χ0v) is 65.7. The summed E-state index contributed by atoms with van der Waals surface area (Å²) in [5, 5.41) is 11.2. The molecule has 1 spiro atoms. The van der Waals surface area contributed by atoms with E-state index in [1.54, 1.807) is 0 Å². The van der Waals surface area contributed by atoms with Gasteiger partial charge in [0, 0.05) is 77.6 Å². The lowest BCUT2D eigenvalue weighted by atomic mass is 9.65. The first-order valence-electron chi connectivity index (χ1n) is 41.4. The third-order valence-electron chi connectivity index (χ3n) is 24.9. The first kappa shape index (κ1) is 69.7. The molecule has 0 amide bonds. The van der Waals surface area contributed by atoms with Gasteiger partial charge in [0.1, 0.15) is 0 Å². The van der Waals surface area contributed by atoms with Gasteiger partial charge in [0.2, 0.25) is 0 Å². The van der Waals surface area contributed by atoms with Crippen LogP contribution in [0.15, 0.2) is 461 Å². The smallest absolute Gasteiger partial charge is 0.0755 e. The second kappa shape index (κ2) is 28.9. The summed E-state index contributed by atoms with van der Waals surface area (Å²) in [4.78, 5) is 2.49. The van der Waals surface area contributed by atoms with E-state index in [2.05, 4.69) is 485 Å². The molecule has 562 valence electrons. The van der Waals surface area contributed by atoms with E-state index >= 15 is 0 Å². The third-order valence-corrected chi connectivity index (χ3v) is 24.9. The number of hydrogen-bond acceptors (Lipinski definition) is 2. The van der Waals surface area contributed by atoms with Crippen LogP contribution in [0.2, 0.25) is 0 Å². The van der Waals surface area contributed by atoms with Crippen molar-refractivity contribution in [2.75, 3.05) is 10.2 Å². The van der Waals surface area contributed by atoms with Crippen LogP contribution in [0.5, 0.6) is 0 Å². The molecule has 24 rings (SSSR count). The van der Waals surface area contributed by atoms with E-state index in [0.717, 1.165) is 50.8 Å². The fraction of sp³-hybridized carbons (Fsp3) is 0.00870. The maximum atomic E-state index is 3.67. The van der Waals surface area contributed by atoms with Gasteiger partial charge in [-0.1, -0.05) is 340 Å². The maximum absolute atomic E-state index is 3.67. The first-order chi connectivity index (χ1) is 59.5. The van der Waals surface area contributed by atoms with Crippen LogP contribution in [0.4, 0.5) is 28.4 Å². The highest BCUT2D eigenvalue weighted by Gasteiger charge is 2.51. The number of anilines is 5. The minimum Gasteiger partial charge on any atom is -0.355 e. The molecular formula is C115H77N5. The van der Waals surface area contributed by atoms with Gasteiger partial charge in [-0.15, -0.1) is 0 Å².